The molecule has 2 saturated carbocycles. The molecular formula is C32H49F3N2O3. The fourth-order valence-electron chi connectivity index (χ4n) is 5.75. The number of hydrogen-bond acceptors (Lipinski definition) is 3. The van der Waals surface area contributed by atoms with Crippen molar-refractivity contribution in [3.05, 3.63) is 41.1 Å². The van der Waals surface area contributed by atoms with Crippen LogP contribution in [0.1, 0.15) is 97.1 Å². The highest BCUT2D eigenvalue weighted by Crippen LogP contribution is 2.48. The predicted molar refractivity (Wildman–Crippen MR) is 154 cm³/mol. The summed E-state index contributed by atoms with van der Waals surface area (Å²) in [4.78, 5) is 26.3. The van der Waals surface area contributed by atoms with Gasteiger partial charge in [0.25, 0.3) is 0 Å². The number of carbonyl (C=O) groups is 2. The Hall–Kier alpha value is -2.51. The van der Waals surface area contributed by atoms with E-state index in [2.05, 4.69) is 45.1 Å². The number of carbonyl (C=O) groups excluding carboxylic acids is 2. The smallest absolute Gasteiger partial charge is 0.322 e. The summed E-state index contributed by atoms with van der Waals surface area (Å²) in [6.07, 6.45) is 7.75. The van der Waals surface area contributed by atoms with Gasteiger partial charge in [-0.2, -0.15) is 0 Å². The number of rotatable bonds is 8. The van der Waals surface area contributed by atoms with Crippen molar-refractivity contribution in [2.75, 3.05) is 14.3 Å². The summed E-state index contributed by atoms with van der Waals surface area (Å²) in [6.45, 7) is 10.6. The van der Waals surface area contributed by atoms with Crippen molar-refractivity contribution in [1.29, 1.82) is 0 Å². The minimum Gasteiger partial charge on any atom is -0.496 e. The van der Waals surface area contributed by atoms with E-state index in [1.165, 1.54) is 6.42 Å². The maximum atomic E-state index is 13.8. The van der Waals surface area contributed by atoms with E-state index in [0.717, 1.165) is 54.4 Å². The molecule has 226 valence electrons. The molecule has 3 aliphatic rings. The topological polar surface area (TPSA) is 58.6 Å². The Morgan fingerprint density at radius 2 is 1.75 bits per heavy atom. The quantitative estimate of drug-likeness (QED) is 0.323. The van der Waals surface area contributed by atoms with Gasteiger partial charge in [-0.1, -0.05) is 46.2 Å². The Bertz CT molecular complexity index is 997. The zero-order valence-electron chi connectivity index (χ0n) is 25.4. The molecule has 4 rings (SSSR count). The van der Waals surface area contributed by atoms with Crippen molar-refractivity contribution in [1.82, 2.24) is 10.2 Å². The van der Waals surface area contributed by atoms with E-state index in [0.29, 0.717) is 13.1 Å². The van der Waals surface area contributed by atoms with Gasteiger partial charge in [-0.15, -0.1) is 0 Å². The normalized spacial score (nSPS) is 25.8. The van der Waals surface area contributed by atoms with Gasteiger partial charge in [0.05, 0.1) is 19.8 Å². The molecule has 8 heteroatoms. The molecule has 5 nitrogen and oxygen atoms in total. The summed E-state index contributed by atoms with van der Waals surface area (Å²) in [5.74, 6) is -1.09. The Morgan fingerprint density at radius 3 is 2.27 bits per heavy atom. The number of nitrogens with zero attached hydrogens (tertiary/aromatic N) is 1. The van der Waals surface area contributed by atoms with Gasteiger partial charge >= 0.3 is 6.03 Å². The molecule has 40 heavy (non-hydrogen) atoms. The second kappa shape index (κ2) is 14.9. The van der Waals surface area contributed by atoms with Crippen molar-refractivity contribution < 1.29 is 27.5 Å². The summed E-state index contributed by atoms with van der Waals surface area (Å²) in [5.41, 5.74) is 2.32. The first-order valence-corrected chi connectivity index (χ1v) is 14.7. The number of aldehydes is 1. The molecule has 0 saturated heterocycles. The van der Waals surface area contributed by atoms with E-state index in [4.69, 9.17) is 4.74 Å². The molecule has 1 N–H and O–H groups in total. The molecule has 0 spiro atoms. The van der Waals surface area contributed by atoms with Gasteiger partial charge in [0.1, 0.15) is 12.0 Å². The van der Waals surface area contributed by atoms with Crippen LogP contribution in [0.3, 0.4) is 0 Å². The highest BCUT2D eigenvalue weighted by Gasteiger charge is 2.47. The fourth-order valence-corrected chi connectivity index (χ4v) is 5.75. The summed E-state index contributed by atoms with van der Waals surface area (Å²) in [7, 11) is 2.16. The first-order valence-electron chi connectivity index (χ1n) is 14.7. The molecule has 0 aromatic heterocycles. The molecule has 1 heterocycles. The molecule has 2 amide bonds. The number of hydrogen-bond donors (Lipinski definition) is 1. The molecular weight excluding hydrogens is 517 g/mol. The lowest BCUT2D eigenvalue weighted by molar-refractivity contribution is -0.114. The summed E-state index contributed by atoms with van der Waals surface area (Å²) >= 11 is 0. The Kier molecular flexibility index (Phi) is 12.6. The molecule has 0 radical (unpaired) electrons. The average molecular weight is 567 g/mol. The Balaban J connectivity index is 0.00000105. The number of halogens is 3. The van der Waals surface area contributed by atoms with Crippen LogP contribution in [0.15, 0.2) is 30.0 Å². The largest absolute Gasteiger partial charge is 0.496 e. The molecule has 0 unspecified atom stereocenters. The average Bonchev–Trinajstić information content (AvgIpc) is 2.90. The number of aryl methyl sites for hydroxylation is 1. The van der Waals surface area contributed by atoms with Gasteiger partial charge in [-0.3, -0.25) is 9.29 Å². The zero-order chi connectivity index (χ0) is 30.1. The van der Waals surface area contributed by atoms with Crippen LogP contribution >= 0.6 is 0 Å². The van der Waals surface area contributed by atoms with Crippen molar-refractivity contribution in [2.45, 2.75) is 110 Å². The minimum absolute atomic E-state index is 0.0255. The fraction of sp³-hybridized carbons (Fsp3) is 0.688. The van der Waals surface area contributed by atoms with Crippen LogP contribution in [0.25, 0.3) is 0 Å². The highest BCUT2D eigenvalue weighted by molar-refractivity contribution is 5.80. The number of urea groups is 1. The van der Waals surface area contributed by atoms with Crippen molar-refractivity contribution in [2.24, 2.45) is 17.8 Å². The molecule has 0 bridgehead atoms. The number of benzene rings is 1. The van der Waals surface area contributed by atoms with Crippen LogP contribution in [-0.2, 0) is 16.8 Å². The van der Waals surface area contributed by atoms with Gasteiger partial charge in [-0.25, -0.2) is 13.6 Å². The lowest BCUT2D eigenvalue weighted by Crippen LogP contribution is -2.58. The predicted octanol–water partition coefficient (Wildman–Crippen LogP) is 8.21. The molecule has 2 aliphatic carbocycles. The second-order valence-corrected chi connectivity index (χ2v) is 11.9. The third kappa shape index (κ3) is 8.03. The van der Waals surface area contributed by atoms with Gasteiger partial charge in [0.15, 0.2) is 0 Å². The van der Waals surface area contributed by atoms with E-state index in [9.17, 15) is 22.8 Å². The lowest BCUT2D eigenvalue weighted by atomic mass is 9.65. The van der Waals surface area contributed by atoms with Crippen LogP contribution in [0.4, 0.5) is 18.0 Å². The molecule has 1 aliphatic heterocycles. The molecule has 1 aromatic rings. The van der Waals surface area contributed by atoms with Crippen LogP contribution < -0.4 is 10.1 Å². The minimum atomic E-state index is -2.65. The van der Waals surface area contributed by atoms with Gasteiger partial charge in [-0.05, 0) is 80.1 Å². The van der Waals surface area contributed by atoms with Gasteiger partial charge in [0, 0.05) is 31.0 Å². The molecule has 1 atom stereocenters. The first-order chi connectivity index (χ1) is 19.0. The second-order valence-electron chi connectivity index (χ2n) is 11.9. The number of ether oxygens (including phenoxy) is 1. The van der Waals surface area contributed by atoms with Crippen molar-refractivity contribution >= 4 is 12.3 Å². The Labute approximate surface area is 238 Å². The van der Waals surface area contributed by atoms with E-state index in [1.807, 2.05) is 19.2 Å². The van der Waals surface area contributed by atoms with Crippen LogP contribution in [0.2, 0.25) is 0 Å². The highest BCUT2D eigenvalue weighted by atomic mass is 19.3. The van der Waals surface area contributed by atoms with E-state index in [-0.39, 0.29) is 49.6 Å². The Morgan fingerprint density at radius 1 is 1.15 bits per heavy atom. The van der Waals surface area contributed by atoms with Crippen LogP contribution in [0, 0.1) is 17.8 Å². The number of nitrogens with one attached hydrogen (secondary N) is 1. The van der Waals surface area contributed by atoms with Crippen molar-refractivity contribution in [3.63, 3.8) is 0 Å². The monoisotopic (exact) mass is 566 g/mol. The van der Waals surface area contributed by atoms with E-state index >= 15 is 0 Å². The van der Waals surface area contributed by atoms with Crippen LogP contribution in [0.5, 0.6) is 5.75 Å². The number of amides is 2. The van der Waals surface area contributed by atoms with Crippen molar-refractivity contribution in [3.8, 4) is 5.75 Å². The third-order valence-corrected chi connectivity index (χ3v) is 8.19. The third-order valence-electron chi connectivity index (χ3n) is 8.19. The van der Waals surface area contributed by atoms with E-state index in [1.54, 1.807) is 12.0 Å². The lowest BCUT2D eigenvalue weighted by Gasteiger charge is -2.49. The summed E-state index contributed by atoms with van der Waals surface area (Å²) < 4.78 is 42.7. The van der Waals surface area contributed by atoms with E-state index < -0.39 is 11.5 Å². The SMILES string of the molecule is CCC.CF.COc1cc([C@]2(C)NC(=O)N(C3CCC(F)(F)CC3)C=C2C2CC(C=O)C2)ccc1CCC(C)C. The molecule has 2 fully saturated rings. The number of methoxy groups -OCH3 is 1. The van der Waals surface area contributed by atoms with Crippen LogP contribution in [-0.4, -0.2) is 43.5 Å². The summed E-state index contributed by atoms with van der Waals surface area (Å²) in [6, 6.07) is 5.63. The standard InChI is InChI=1S/C28H38F2N2O3.C3H8.CH3F/c1-18(2)5-6-20-7-8-22(15-25(20)35-4)27(3)24(21-13-19(14-21)17-33)16-32(26(34)31-27)23-9-11-28(29,30)12-10-23;1-3-2;1-2/h7-8,15-19,21,23H,5-6,9-14H2,1-4H3,(H,31,34);3H2,1-2H3;1H3/t19?,21?,27-;;/m0../s1. The van der Waals surface area contributed by atoms with Gasteiger partial charge < -0.3 is 14.8 Å². The maximum absolute atomic E-state index is 13.8. The summed E-state index contributed by atoms with van der Waals surface area (Å²) in [5, 5.41) is 3.22. The van der Waals surface area contributed by atoms with Gasteiger partial charge in [0.2, 0.25) is 5.92 Å². The zero-order valence-corrected chi connectivity index (χ0v) is 25.4. The maximum Gasteiger partial charge on any atom is 0.322 e. The first kappa shape index (κ1) is 33.7. The molecule has 1 aromatic carbocycles. The number of alkyl halides is 3.